The topological polar surface area (TPSA) is 75.4 Å². The molecule has 3 N–H and O–H groups in total. The quantitative estimate of drug-likeness (QED) is 0.872. The van der Waals surface area contributed by atoms with Gasteiger partial charge in [0.25, 0.3) is 0 Å². The van der Waals surface area contributed by atoms with Crippen molar-refractivity contribution < 1.29 is 9.59 Å². The molecular weight excluding hydrogens is 278 g/mol. The summed E-state index contributed by atoms with van der Waals surface area (Å²) < 4.78 is 0. The third-order valence-corrected chi connectivity index (χ3v) is 4.30. The van der Waals surface area contributed by atoms with Gasteiger partial charge in [-0.1, -0.05) is 24.1 Å². The average molecular weight is 303 g/mol. The molecule has 1 aromatic rings. The van der Waals surface area contributed by atoms with Crippen LogP contribution in [0.3, 0.4) is 0 Å². The van der Waals surface area contributed by atoms with Crippen molar-refractivity contribution in [1.82, 2.24) is 4.90 Å². The molecule has 2 atom stereocenters. The highest BCUT2D eigenvalue weighted by Crippen LogP contribution is 2.27. The van der Waals surface area contributed by atoms with E-state index in [1.54, 1.807) is 7.05 Å². The lowest BCUT2D eigenvalue weighted by Gasteiger charge is -2.21. The smallest absolute Gasteiger partial charge is 0.243 e. The van der Waals surface area contributed by atoms with Crippen molar-refractivity contribution in [2.75, 3.05) is 18.9 Å². The normalized spacial score (nSPS) is 20.7. The number of nitrogens with two attached hydrogens (primary N) is 1. The Labute approximate surface area is 131 Å². The van der Waals surface area contributed by atoms with Gasteiger partial charge in [0.15, 0.2) is 0 Å². The highest BCUT2D eigenvalue weighted by Gasteiger charge is 2.27. The van der Waals surface area contributed by atoms with Crippen LogP contribution >= 0.6 is 0 Å². The molecule has 2 amide bonds. The molecule has 0 aromatic heterocycles. The number of rotatable bonds is 5. The first-order valence-electron chi connectivity index (χ1n) is 7.82. The van der Waals surface area contributed by atoms with Crippen molar-refractivity contribution in [3.05, 3.63) is 29.8 Å². The summed E-state index contributed by atoms with van der Waals surface area (Å²) in [5, 5.41) is 2.80. The largest absolute Gasteiger partial charge is 0.336 e. The molecule has 1 aliphatic rings. The Morgan fingerprint density at radius 2 is 1.95 bits per heavy atom. The molecule has 0 radical (unpaired) electrons. The molecule has 0 bridgehead atoms. The van der Waals surface area contributed by atoms with Gasteiger partial charge in [-0.25, -0.2) is 0 Å². The molecule has 2 rings (SSSR count). The third-order valence-electron chi connectivity index (χ3n) is 4.30. The Bertz CT molecular complexity index is 527. The van der Waals surface area contributed by atoms with E-state index in [1.165, 1.54) is 4.90 Å². The van der Waals surface area contributed by atoms with Crippen molar-refractivity contribution in [2.45, 2.75) is 38.6 Å². The molecule has 120 valence electrons. The van der Waals surface area contributed by atoms with Crippen LogP contribution in [-0.2, 0) is 9.59 Å². The molecule has 1 saturated carbocycles. The van der Waals surface area contributed by atoms with Crippen molar-refractivity contribution in [2.24, 2.45) is 11.7 Å². The summed E-state index contributed by atoms with van der Waals surface area (Å²) in [5.74, 6) is 0.0620. The van der Waals surface area contributed by atoms with Gasteiger partial charge in [-0.2, -0.15) is 0 Å². The Morgan fingerprint density at radius 3 is 2.55 bits per heavy atom. The highest BCUT2D eigenvalue weighted by atomic mass is 16.2. The molecule has 0 spiro atoms. The van der Waals surface area contributed by atoms with Crippen LogP contribution in [0.25, 0.3) is 0 Å². The van der Waals surface area contributed by atoms with E-state index in [2.05, 4.69) is 5.32 Å². The zero-order valence-electron chi connectivity index (χ0n) is 13.3. The first kappa shape index (κ1) is 16.5. The van der Waals surface area contributed by atoms with Gasteiger partial charge >= 0.3 is 0 Å². The number of hydrogen-bond donors (Lipinski definition) is 2. The second-order valence-corrected chi connectivity index (χ2v) is 6.22. The van der Waals surface area contributed by atoms with Crippen LogP contribution in [-0.4, -0.2) is 36.3 Å². The maximum Gasteiger partial charge on any atom is 0.243 e. The lowest BCUT2D eigenvalue weighted by molar-refractivity contribution is -0.134. The minimum Gasteiger partial charge on any atom is -0.336 e. The predicted octanol–water partition coefficient (Wildman–Crippen LogP) is 1.91. The summed E-state index contributed by atoms with van der Waals surface area (Å²) in [4.78, 5) is 25.6. The number of amides is 2. The number of nitrogens with one attached hydrogen (secondary N) is 1. The Morgan fingerprint density at radius 1 is 1.27 bits per heavy atom. The SMILES string of the molecule is Cc1ccc(NC(=O)CN(C)C(=O)C[C@@H]2CCC[C@H]2N)cc1. The van der Waals surface area contributed by atoms with E-state index < -0.39 is 0 Å². The molecule has 1 fully saturated rings. The molecule has 0 heterocycles. The van der Waals surface area contributed by atoms with Crippen LogP contribution in [0.4, 0.5) is 5.69 Å². The van der Waals surface area contributed by atoms with E-state index >= 15 is 0 Å². The zero-order chi connectivity index (χ0) is 16.1. The predicted molar refractivity (Wildman–Crippen MR) is 87.4 cm³/mol. The van der Waals surface area contributed by atoms with E-state index in [4.69, 9.17) is 5.73 Å². The van der Waals surface area contributed by atoms with E-state index in [1.807, 2.05) is 31.2 Å². The minimum atomic E-state index is -0.185. The molecule has 0 unspecified atom stereocenters. The summed E-state index contributed by atoms with van der Waals surface area (Å²) in [6.07, 6.45) is 3.54. The van der Waals surface area contributed by atoms with Gasteiger partial charge in [-0.15, -0.1) is 0 Å². The summed E-state index contributed by atoms with van der Waals surface area (Å²) in [6, 6.07) is 7.70. The van der Waals surface area contributed by atoms with E-state index in [0.29, 0.717) is 6.42 Å². The van der Waals surface area contributed by atoms with E-state index in [9.17, 15) is 9.59 Å². The number of likely N-dealkylation sites (N-methyl/N-ethyl adjacent to an activating group) is 1. The number of aryl methyl sites for hydroxylation is 1. The van der Waals surface area contributed by atoms with Crippen LogP contribution in [0.5, 0.6) is 0 Å². The van der Waals surface area contributed by atoms with Gasteiger partial charge in [-0.3, -0.25) is 9.59 Å². The highest BCUT2D eigenvalue weighted by molar-refractivity contribution is 5.94. The van der Waals surface area contributed by atoms with Gasteiger partial charge in [0.2, 0.25) is 11.8 Å². The van der Waals surface area contributed by atoms with Gasteiger partial charge in [0.05, 0.1) is 6.54 Å². The lowest BCUT2D eigenvalue weighted by atomic mass is 9.99. The van der Waals surface area contributed by atoms with E-state index in [-0.39, 0.29) is 30.3 Å². The van der Waals surface area contributed by atoms with Gasteiger partial charge < -0.3 is 16.0 Å². The Balaban J connectivity index is 1.80. The molecule has 22 heavy (non-hydrogen) atoms. The van der Waals surface area contributed by atoms with Crippen LogP contribution in [0.1, 0.15) is 31.2 Å². The van der Waals surface area contributed by atoms with Gasteiger partial charge in [0.1, 0.15) is 0 Å². The number of carbonyl (C=O) groups is 2. The molecule has 0 saturated heterocycles. The van der Waals surface area contributed by atoms with Crippen molar-refractivity contribution in [3.63, 3.8) is 0 Å². The maximum atomic E-state index is 12.2. The molecule has 1 aromatic carbocycles. The standard InChI is InChI=1S/C17H25N3O2/c1-12-6-8-14(9-7-12)19-16(21)11-20(2)17(22)10-13-4-3-5-15(13)18/h6-9,13,15H,3-5,10-11,18H2,1-2H3,(H,19,21)/t13-,15+/m0/s1. The summed E-state index contributed by atoms with van der Waals surface area (Å²) in [6.45, 7) is 2.06. The maximum absolute atomic E-state index is 12.2. The van der Waals surface area contributed by atoms with E-state index in [0.717, 1.165) is 30.5 Å². The zero-order valence-corrected chi connectivity index (χ0v) is 13.3. The third kappa shape index (κ3) is 4.56. The number of anilines is 1. The Hall–Kier alpha value is -1.88. The summed E-state index contributed by atoms with van der Waals surface area (Å²) in [5.41, 5.74) is 7.87. The molecule has 0 aliphatic heterocycles. The number of benzene rings is 1. The number of carbonyl (C=O) groups excluding carboxylic acids is 2. The first-order valence-corrected chi connectivity index (χ1v) is 7.82. The van der Waals surface area contributed by atoms with Crippen LogP contribution in [0.2, 0.25) is 0 Å². The summed E-state index contributed by atoms with van der Waals surface area (Å²) >= 11 is 0. The first-order chi connectivity index (χ1) is 10.5. The van der Waals surface area contributed by atoms with Crippen molar-refractivity contribution in [1.29, 1.82) is 0 Å². The van der Waals surface area contributed by atoms with Crippen LogP contribution < -0.4 is 11.1 Å². The molecule has 5 nitrogen and oxygen atoms in total. The fourth-order valence-electron chi connectivity index (χ4n) is 2.84. The van der Waals surface area contributed by atoms with Crippen LogP contribution in [0.15, 0.2) is 24.3 Å². The second kappa shape index (κ2) is 7.40. The molecule has 1 aliphatic carbocycles. The van der Waals surface area contributed by atoms with Crippen LogP contribution in [0, 0.1) is 12.8 Å². The molecule has 5 heteroatoms. The lowest BCUT2D eigenvalue weighted by Crippen LogP contribution is -2.37. The monoisotopic (exact) mass is 303 g/mol. The summed E-state index contributed by atoms with van der Waals surface area (Å²) in [7, 11) is 1.66. The Kier molecular flexibility index (Phi) is 5.55. The fourth-order valence-corrected chi connectivity index (χ4v) is 2.84. The molecular formula is C17H25N3O2. The average Bonchev–Trinajstić information content (AvgIpc) is 2.86. The number of hydrogen-bond acceptors (Lipinski definition) is 3. The fraction of sp³-hybridized carbons (Fsp3) is 0.529. The van der Waals surface area contributed by atoms with Gasteiger partial charge in [-0.05, 0) is 37.8 Å². The van der Waals surface area contributed by atoms with Crippen molar-refractivity contribution in [3.8, 4) is 0 Å². The number of nitrogens with zero attached hydrogens (tertiary/aromatic N) is 1. The minimum absolute atomic E-state index is 0.0126. The van der Waals surface area contributed by atoms with Crippen molar-refractivity contribution >= 4 is 17.5 Å². The van der Waals surface area contributed by atoms with Gasteiger partial charge in [0, 0.05) is 25.2 Å². The second-order valence-electron chi connectivity index (χ2n) is 6.22.